The van der Waals surface area contributed by atoms with E-state index < -0.39 is 36.3 Å². The number of aromatic nitrogens is 4. The Morgan fingerprint density at radius 3 is 1.70 bits per heavy atom. The maximum atomic E-state index is 8.91. The number of para-hydroxylation sites is 3. The summed E-state index contributed by atoms with van der Waals surface area (Å²) in [5.41, 5.74) is 5.81. The molecule has 10 aromatic rings. The van der Waals surface area contributed by atoms with Crippen LogP contribution in [0.3, 0.4) is 0 Å². The minimum Gasteiger partial charge on any atom is -0.455 e. The minimum atomic E-state index is -0.495. The molecule has 0 bridgehead atoms. The second kappa shape index (κ2) is 11.4. The minimum absolute atomic E-state index is 0.00885. The molecule has 0 aliphatic carbocycles. The fraction of sp³-hybridized carbons (Fsp3) is 0. The van der Waals surface area contributed by atoms with Crippen molar-refractivity contribution in [1.82, 2.24) is 19.5 Å². The molecule has 0 atom stereocenters. The first-order valence-electron chi connectivity index (χ1n) is 20.0. The normalized spacial score (nSPS) is 13.8. The topological polar surface area (TPSA) is 56.7 Å². The number of hydrogen-bond donors (Lipinski definition) is 0. The molecule has 0 aliphatic rings. The predicted octanol–water partition coefficient (Wildman–Crippen LogP) is 11.5. The highest BCUT2D eigenvalue weighted by Crippen LogP contribution is 2.38. The van der Waals surface area contributed by atoms with E-state index in [0.717, 1.165) is 33.0 Å². The van der Waals surface area contributed by atoms with Crippen LogP contribution in [-0.4, -0.2) is 19.5 Å². The zero-order valence-electron chi connectivity index (χ0n) is 34.2. The molecule has 0 saturated carbocycles. The molecule has 234 valence electrons. The quantitative estimate of drug-likeness (QED) is 0.186. The van der Waals surface area contributed by atoms with Crippen molar-refractivity contribution in [3.8, 4) is 51.0 Å². The van der Waals surface area contributed by atoms with Crippen LogP contribution in [0, 0.1) is 0 Å². The average molecular weight is 649 g/mol. The number of benzene rings is 7. The summed E-state index contributed by atoms with van der Waals surface area (Å²) in [6.07, 6.45) is 0. The van der Waals surface area contributed by atoms with Gasteiger partial charge in [-0.15, -0.1) is 0 Å². The average Bonchev–Trinajstić information content (AvgIpc) is 3.83. The van der Waals surface area contributed by atoms with E-state index in [1.165, 1.54) is 4.57 Å². The van der Waals surface area contributed by atoms with Gasteiger partial charge in [0.1, 0.15) is 11.2 Å². The lowest BCUT2D eigenvalue weighted by molar-refractivity contribution is 0.669. The Morgan fingerprint density at radius 1 is 0.460 bits per heavy atom. The zero-order valence-corrected chi connectivity index (χ0v) is 26.2. The Hall–Kier alpha value is -6.85. The monoisotopic (exact) mass is 648 g/mol. The van der Waals surface area contributed by atoms with Crippen molar-refractivity contribution in [2.24, 2.45) is 0 Å². The van der Waals surface area contributed by atoms with Crippen LogP contribution in [0.2, 0.25) is 0 Å². The van der Waals surface area contributed by atoms with E-state index in [0.29, 0.717) is 39.9 Å². The van der Waals surface area contributed by atoms with Gasteiger partial charge in [0, 0.05) is 44.4 Å². The van der Waals surface area contributed by atoms with Crippen LogP contribution in [-0.2, 0) is 0 Å². The molecule has 0 unspecified atom stereocenters. The van der Waals surface area contributed by atoms with Crippen molar-refractivity contribution in [2.75, 3.05) is 0 Å². The van der Waals surface area contributed by atoms with Crippen molar-refractivity contribution in [3.05, 3.63) is 170 Å². The summed E-state index contributed by atoms with van der Waals surface area (Å²) >= 11 is 0. The number of hydrogen-bond acceptors (Lipinski definition) is 4. The van der Waals surface area contributed by atoms with Gasteiger partial charge in [-0.3, -0.25) is 0 Å². The molecule has 0 fully saturated rings. The molecule has 0 spiro atoms. The van der Waals surface area contributed by atoms with Gasteiger partial charge in [0.05, 0.1) is 27.6 Å². The predicted molar refractivity (Wildman–Crippen MR) is 203 cm³/mol. The molecule has 10 rings (SSSR count). The zero-order chi connectivity index (χ0) is 40.0. The number of nitrogens with zero attached hydrogens (tertiary/aromatic N) is 4. The van der Waals surface area contributed by atoms with Crippen LogP contribution in [0.1, 0.15) is 11.0 Å². The van der Waals surface area contributed by atoms with Gasteiger partial charge in [-0.05, 0) is 41.4 Å². The second-order valence-electron chi connectivity index (χ2n) is 11.9. The molecule has 5 nitrogen and oxygen atoms in total. The van der Waals surface area contributed by atoms with Crippen molar-refractivity contribution in [2.45, 2.75) is 0 Å². The first-order chi connectivity index (χ1) is 28.1. The Balaban J connectivity index is 1.18. The molecule has 0 saturated heterocycles. The molecular formula is C45H28N4O. The van der Waals surface area contributed by atoms with Gasteiger partial charge in [-0.25, -0.2) is 15.0 Å². The first-order valence-corrected chi connectivity index (χ1v) is 16.0. The maximum absolute atomic E-state index is 8.91. The van der Waals surface area contributed by atoms with E-state index in [2.05, 4.69) is 12.1 Å². The maximum Gasteiger partial charge on any atom is 0.167 e. The third-order valence-electron chi connectivity index (χ3n) is 8.93. The van der Waals surface area contributed by atoms with Crippen molar-refractivity contribution in [1.29, 1.82) is 0 Å². The summed E-state index contributed by atoms with van der Waals surface area (Å²) in [7, 11) is 0. The second-order valence-corrected chi connectivity index (χ2v) is 11.9. The molecule has 7 aromatic carbocycles. The van der Waals surface area contributed by atoms with Gasteiger partial charge in [0.2, 0.25) is 0 Å². The highest BCUT2D eigenvalue weighted by atomic mass is 16.3. The Kier molecular flexibility index (Phi) is 4.83. The fourth-order valence-corrected chi connectivity index (χ4v) is 6.57. The van der Waals surface area contributed by atoms with E-state index >= 15 is 0 Å². The number of furan rings is 1. The summed E-state index contributed by atoms with van der Waals surface area (Å²) in [5, 5.41) is 1.55. The van der Waals surface area contributed by atoms with Crippen molar-refractivity contribution in [3.63, 3.8) is 0 Å². The Labute approximate surface area is 299 Å². The summed E-state index contributed by atoms with van der Waals surface area (Å²) in [6, 6.07) is 35.4. The van der Waals surface area contributed by atoms with E-state index in [-0.39, 0.29) is 33.9 Å². The van der Waals surface area contributed by atoms with E-state index in [1.807, 2.05) is 97.1 Å². The lowest BCUT2D eigenvalue weighted by Crippen LogP contribution is -2.00. The smallest absolute Gasteiger partial charge is 0.167 e. The molecule has 5 heteroatoms. The molecule has 0 radical (unpaired) electrons. The highest BCUT2D eigenvalue weighted by molar-refractivity contribution is 6.11. The van der Waals surface area contributed by atoms with Crippen molar-refractivity contribution >= 4 is 43.7 Å². The summed E-state index contributed by atoms with van der Waals surface area (Å²) in [5.74, 6) is 1.37. The van der Waals surface area contributed by atoms with Gasteiger partial charge in [-0.1, -0.05) is 133 Å². The third kappa shape index (κ3) is 4.60. The Morgan fingerprint density at radius 2 is 1.02 bits per heavy atom. The lowest BCUT2D eigenvalue weighted by Gasteiger charge is -2.09. The largest absolute Gasteiger partial charge is 0.455 e. The standard InChI is InChI=1S/C45H28N4O/c1-3-12-29(13-4-1)30-22-24-32(25-23-30)44-46-43(31-14-5-2-6-15-31)47-45(48-44)38-19-11-18-37-36-27-26-33(28-41(36)50-42(37)38)49-39-20-9-7-16-34(39)35-17-8-10-21-40(35)49/h1-28H/i7D,8D,9D,10D,16D,17D,20D,21D. The molecule has 50 heavy (non-hydrogen) atoms. The van der Waals surface area contributed by atoms with Gasteiger partial charge in [0.25, 0.3) is 0 Å². The van der Waals surface area contributed by atoms with Crippen LogP contribution in [0.25, 0.3) is 94.7 Å². The molecule has 0 amide bonds. The first kappa shape index (κ1) is 21.2. The summed E-state index contributed by atoms with van der Waals surface area (Å²) in [4.78, 5) is 14.8. The SMILES string of the molecule is [2H]c1c([2H])c([2H])c2c(c1[2H])c1c([2H])c([2H])c([2H])c([2H])c1n2-c1ccc2c(c1)oc1c(-c3nc(-c4ccccc4)nc(-c4ccc(-c5ccccc5)cc4)n3)cccc12. The number of fused-ring (bicyclic) bond motifs is 6. The molecule has 0 aliphatic heterocycles. The fourth-order valence-electron chi connectivity index (χ4n) is 6.57. The van der Waals surface area contributed by atoms with Crippen LogP contribution in [0.15, 0.2) is 174 Å². The van der Waals surface area contributed by atoms with E-state index in [1.54, 1.807) is 12.1 Å². The summed E-state index contributed by atoms with van der Waals surface area (Å²) in [6.45, 7) is 0. The van der Waals surface area contributed by atoms with Crippen molar-refractivity contribution < 1.29 is 15.4 Å². The van der Waals surface area contributed by atoms with Gasteiger partial charge < -0.3 is 8.98 Å². The summed E-state index contributed by atoms with van der Waals surface area (Å²) < 4.78 is 77.2. The number of rotatable bonds is 5. The highest BCUT2D eigenvalue weighted by Gasteiger charge is 2.19. The molecule has 0 N–H and O–H groups in total. The third-order valence-corrected chi connectivity index (χ3v) is 8.93. The Bertz CT molecular complexity index is 3240. The van der Waals surface area contributed by atoms with Gasteiger partial charge in [-0.2, -0.15) is 0 Å². The van der Waals surface area contributed by atoms with Crippen LogP contribution in [0.5, 0.6) is 0 Å². The van der Waals surface area contributed by atoms with Crippen LogP contribution in [0.4, 0.5) is 0 Å². The molecule has 3 heterocycles. The van der Waals surface area contributed by atoms with Gasteiger partial charge >= 0.3 is 0 Å². The van der Waals surface area contributed by atoms with Crippen LogP contribution < -0.4 is 0 Å². The van der Waals surface area contributed by atoms with Crippen LogP contribution >= 0.6 is 0 Å². The molecule has 3 aromatic heterocycles. The van der Waals surface area contributed by atoms with E-state index in [4.69, 9.17) is 30.3 Å². The molecular weight excluding hydrogens is 613 g/mol. The van der Waals surface area contributed by atoms with E-state index in [9.17, 15) is 0 Å². The van der Waals surface area contributed by atoms with Gasteiger partial charge in [0.15, 0.2) is 17.5 Å². The lowest BCUT2D eigenvalue weighted by atomic mass is 10.0.